The Kier molecular flexibility index (Phi) is 6.85. The zero-order valence-electron chi connectivity index (χ0n) is 20.0. The molecule has 1 N–H and O–H groups in total. The maximum absolute atomic E-state index is 13.4. The second-order valence-electron chi connectivity index (χ2n) is 8.29. The molecule has 0 aliphatic carbocycles. The molecule has 180 valence electrons. The van der Waals surface area contributed by atoms with Gasteiger partial charge in [0.05, 0.1) is 25.3 Å². The molecule has 7 heteroatoms. The lowest BCUT2D eigenvalue weighted by molar-refractivity contribution is -0.132. The van der Waals surface area contributed by atoms with E-state index in [2.05, 4.69) is 0 Å². The molecule has 0 saturated carbocycles. The lowest BCUT2D eigenvalue weighted by Gasteiger charge is -2.26. The van der Waals surface area contributed by atoms with Crippen LogP contribution in [0.4, 0.5) is 5.69 Å². The topological polar surface area (TPSA) is 76.1 Å². The van der Waals surface area contributed by atoms with E-state index in [1.165, 1.54) is 4.90 Å². The molecule has 1 fully saturated rings. The van der Waals surface area contributed by atoms with E-state index in [9.17, 15) is 14.7 Å². The molecule has 1 aliphatic rings. The number of methoxy groups -OCH3 is 1. The fourth-order valence-electron chi connectivity index (χ4n) is 4.39. The van der Waals surface area contributed by atoms with Crippen molar-refractivity contribution >= 4 is 34.7 Å². The number of aryl methyl sites for hydroxylation is 2. The SMILES string of the molecule is CCOc1cccc(C2/C(=C(\O)c3cc(C)c(OC)cc3C)C(=O)C(=O)N2c2cccc(Cl)c2)c1. The minimum atomic E-state index is -0.879. The van der Waals surface area contributed by atoms with Crippen molar-refractivity contribution in [2.45, 2.75) is 26.8 Å². The van der Waals surface area contributed by atoms with Crippen LogP contribution in [0.1, 0.15) is 35.2 Å². The number of rotatable bonds is 6. The van der Waals surface area contributed by atoms with Crippen LogP contribution in [0.3, 0.4) is 0 Å². The molecular weight excluding hydrogens is 466 g/mol. The first-order chi connectivity index (χ1) is 16.8. The summed E-state index contributed by atoms with van der Waals surface area (Å²) in [5, 5.41) is 11.9. The van der Waals surface area contributed by atoms with Crippen molar-refractivity contribution in [3.63, 3.8) is 0 Å². The predicted octanol–water partition coefficient (Wildman–Crippen LogP) is 5.99. The van der Waals surface area contributed by atoms with Gasteiger partial charge in [-0.05, 0) is 79.9 Å². The molecule has 3 aromatic rings. The Morgan fingerprint density at radius 2 is 1.77 bits per heavy atom. The summed E-state index contributed by atoms with van der Waals surface area (Å²) in [5.41, 5.74) is 3.03. The second-order valence-corrected chi connectivity index (χ2v) is 8.73. The van der Waals surface area contributed by atoms with E-state index in [1.54, 1.807) is 67.8 Å². The van der Waals surface area contributed by atoms with Gasteiger partial charge in [-0.25, -0.2) is 0 Å². The Balaban J connectivity index is 1.98. The lowest BCUT2D eigenvalue weighted by Crippen LogP contribution is -2.29. The summed E-state index contributed by atoms with van der Waals surface area (Å²) in [5.74, 6) is -0.508. The molecule has 1 saturated heterocycles. The van der Waals surface area contributed by atoms with Crippen molar-refractivity contribution in [2.75, 3.05) is 18.6 Å². The minimum Gasteiger partial charge on any atom is -0.507 e. The highest BCUT2D eigenvalue weighted by Gasteiger charge is 2.47. The van der Waals surface area contributed by atoms with Gasteiger partial charge in [0.1, 0.15) is 17.3 Å². The van der Waals surface area contributed by atoms with Crippen molar-refractivity contribution in [2.24, 2.45) is 0 Å². The maximum atomic E-state index is 13.4. The zero-order valence-corrected chi connectivity index (χ0v) is 20.7. The van der Waals surface area contributed by atoms with E-state index in [1.807, 2.05) is 20.8 Å². The zero-order chi connectivity index (χ0) is 25.3. The summed E-state index contributed by atoms with van der Waals surface area (Å²) in [7, 11) is 1.57. The highest BCUT2D eigenvalue weighted by Crippen LogP contribution is 2.44. The average molecular weight is 492 g/mol. The first kappa shape index (κ1) is 24.4. The van der Waals surface area contributed by atoms with Gasteiger partial charge in [-0.3, -0.25) is 14.5 Å². The van der Waals surface area contributed by atoms with Crippen molar-refractivity contribution in [1.82, 2.24) is 0 Å². The first-order valence-corrected chi connectivity index (χ1v) is 11.6. The van der Waals surface area contributed by atoms with Gasteiger partial charge in [-0.2, -0.15) is 0 Å². The third-order valence-electron chi connectivity index (χ3n) is 6.01. The van der Waals surface area contributed by atoms with Gasteiger partial charge in [-0.15, -0.1) is 0 Å². The quantitative estimate of drug-likeness (QED) is 0.260. The molecule has 1 aliphatic heterocycles. The van der Waals surface area contributed by atoms with Gasteiger partial charge in [-0.1, -0.05) is 29.8 Å². The number of hydrogen-bond acceptors (Lipinski definition) is 5. The fraction of sp³-hybridized carbons (Fsp3) is 0.214. The average Bonchev–Trinajstić information content (AvgIpc) is 3.10. The molecule has 0 bridgehead atoms. The van der Waals surface area contributed by atoms with E-state index in [0.717, 1.165) is 5.56 Å². The highest BCUT2D eigenvalue weighted by atomic mass is 35.5. The lowest BCUT2D eigenvalue weighted by atomic mass is 9.93. The van der Waals surface area contributed by atoms with Gasteiger partial charge in [0.15, 0.2) is 0 Å². The summed E-state index contributed by atoms with van der Waals surface area (Å²) in [6, 6.07) is 16.6. The van der Waals surface area contributed by atoms with Crippen molar-refractivity contribution in [3.8, 4) is 11.5 Å². The van der Waals surface area contributed by atoms with Gasteiger partial charge in [0.2, 0.25) is 0 Å². The van der Waals surface area contributed by atoms with Gasteiger partial charge in [0.25, 0.3) is 11.7 Å². The van der Waals surface area contributed by atoms with Crippen LogP contribution in [-0.4, -0.2) is 30.5 Å². The third kappa shape index (κ3) is 4.49. The van der Waals surface area contributed by atoms with Gasteiger partial charge >= 0.3 is 0 Å². The molecule has 0 radical (unpaired) electrons. The first-order valence-electron chi connectivity index (χ1n) is 11.2. The number of aliphatic hydroxyl groups is 1. The smallest absolute Gasteiger partial charge is 0.300 e. The standard InChI is InChI=1S/C28H26ClNO5/c1-5-35-21-11-6-8-18(14-21)25-24(26(31)22-12-17(3)23(34-4)13-16(22)2)27(32)28(33)30(25)20-10-7-9-19(29)15-20/h6-15,25,31H,5H2,1-4H3/b26-24+. The number of ketones is 1. The largest absolute Gasteiger partial charge is 0.507 e. The number of Topliss-reactive ketones (excluding diaryl/α,β-unsaturated/α-hetero) is 1. The Morgan fingerprint density at radius 3 is 2.46 bits per heavy atom. The Morgan fingerprint density at radius 1 is 1.03 bits per heavy atom. The van der Waals surface area contributed by atoms with Gasteiger partial charge < -0.3 is 14.6 Å². The van der Waals surface area contributed by atoms with Crippen molar-refractivity contribution in [3.05, 3.63) is 93.5 Å². The molecular formula is C28H26ClNO5. The molecule has 6 nitrogen and oxygen atoms in total. The number of halogens is 1. The Hall–Kier alpha value is -3.77. The number of aliphatic hydroxyl groups excluding tert-OH is 1. The second kappa shape index (κ2) is 9.84. The van der Waals surface area contributed by atoms with Crippen LogP contribution in [0.25, 0.3) is 5.76 Å². The van der Waals surface area contributed by atoms with Gasteiger partial charge in [0, 0.05) is 16.3 Å². The number of carbonyl (C=O) groups excluding carboxylic acids is 2. The van der Waals surface area contributed by atoms with E-state index in [4.69, 9.17) is 21.1 Å². The molecule has 4 rings (SSSR count). The van der Waals surface area contributed by atoms with Crippen LogP contribution in [0.5, 0.6) is 11.5 Å². The van der Waals surface area contributed by atoms with Crippen LogP contribution in [0.15, 0.2) is 66.2 Å². The molecule has 1 unspecified atom stereocenters. The summed E-state index contributed by atoms with van der Waals surface area (Å²) in [6.07, 6.45) is 0. The Labute approximate surface area is 209 Å². The fourth-order valence-corrected chi connectivity index (χ4v) is 4.58. The number of hydrogen-bond donors (Lipinski definition) is 1. The van der Waals surface area contributed by atoms with Crippen molar-refractivity contribution < 1.29 is 24.2 Å². The van der Waals surface area contributed by atoms with Crippen LogP contribution >= 0.6 is 11.6 Å². The number of ether oxygens (including phenoxy) is 2. The maximum Gasteiger partial charge on any atom is 0.300 e. The van der Waals surface area contributed by atoms with Crippen LogP contribution in [-0.2, 0) is 9.59 Å². The predicted molar refractivity (Wildman–Crippen MR) is 136 cm³/mol. The van der Waals surface area contributed by atoms with E-state index >= 15 is 0 Å². The number of carbonyl (C=O) groups is 2. The number of anilines is 1. The minimum absolute atomic E-state index is 0.00343. The van der Waals surface area contributed by atoms with Crippen LogP contribution in [0, 0.1) is 13.8 Å². The normalized spacial score (nSPS) is 17.1. The van der Waals surface area contributed by atoms with E-state index < -0.39 is 17.7 Å². The van der Waals surface area contributed by atoms with Crippen molar-refractivity contribution in [1.29, 1.82) is 0 Å². The summed E-state index contributed by atoms with van der Waals surface area (Å²) in [4.78, 5) is 28.1. The molecule has 1 heterocycles. The van der Waals surface area contributed by atoms with E-state index in [0.29, 0.717) is 45.5 Å². The summed E-state index contributed by atoms with van der Waals surface area (Å²) < 4.78 is 11.0. The monoisotopic (exact) mass is 491 g/mol. The van der Waals surface area contributed by atoms with Crippen LogP contribution < -0.4 is 14.4 Å². The van der Waals surface area contributed by atoms with E-state index in [-0.39, 0.29) is 11.3 Å². The molecule has 35 heavy (non-hydrogen) atoms. The molecule has 0 spiro atoms. The highest BCUT2D eigenvalue weighted by molar-refractivity contribution is 6.51. The summed E-state index contributed by atoms with van der Waals surface area (Å²) in [6.45, 7) is 6.00. The number of nitrogens with zero attached hydrogens (tertiary/aromatic N) is 1. The number of benzene rings is 3. The molecule has 1 amide bonds. The molecule has 3 aromatic carbocycles. The third-order valence-corrected chi connectivity index (χ3v) is 6.25. The molecule has 1 atom stereocenters. The van der Waals surface area contributed by atoms with Crippen LogP contribution in [0.2, 0.25) is 5.02 Å². The summed E-state index contributed by atoms with van der Waals surface area (Å²) >= 11 is 6.21. The molecule has 0 aromatic heterocycles. The number of amides is 1. The Bertz CT molecular complexity index is 1350.